The number of rotatable bonds is 3. The predicted molar refractivity (Wildman–Crippen MR) is 64.7 cm³/mol. The summed E-state index contributed by atoms with van der Waals surface area (Å²) >= 11 is 0. The topological polar surface area (TPSA) is 34.9 Å². The third-order valence-electron chi connectivity index (χ3n) is 2.76. The van der Waals surface area contributed by atoms with E-state index in [1.54, 1.807) is 24.5 Å². The Kier molecular flexibility index (Phi) is 2.96. The normalized spacial score (nSPS) is 13.2. The molecule has 2 aromatic rings. The number of alkyl halides is 1. The van der Waals surface area contributed by atoms with Crippen molar-refractivity contribution in [3.63, 3.8) is 0 Å². The maximum atomic E-state index is 13.5. The molecule has 0 aromatic carbocycles. The van der Waals surface area contributed by atoms with Crippen LogP contribution in [0, 0.1) is 5.92 Å². The zero-order valence-corrected chi connectivity index (χ0v) is 10.1. The van der Waals surface area contributed by atoms with Crippen molar-refractivity contribution in [3.8, 4) is 0 Å². The van der Waals surface area contributed by atoms with Crippen LogP contribution in [0.1, 0.15) is 37.4 Å². The fourth-order valence-electron chi connectivity index (χ4n) is 1.86. The monoisotopic (exact) mass is 234 g/mol. The zero-order valence-electron chi connectivity index (χ0n) is 10.1. The molecule has 0 bridgehead atoms. The van der Waals surface area contributed by atoms with Crippen molar-refractivity contribution in [1.29, 1.82) is 0 Å². The zero-order chi connectivity index (χ0) is 12.6. The van der Waals surface area contributed by atoms with Crippen LogP contribution in [-0.4, -0.2) is 15.3 Å². The van der Waals surface area contributed by atoms with E-state index in [-0.39, 0.29) is 11.7 Å². The minimum absolute atomic E-state index is 0.0161. The van der Waals surface area contributed by atoms with Gasteiger partial charge in [-0.05, 0) is 19.1 Å². The lowest BCUT2D eigenvalue weighted by atomic mass is 10.0. The minimum Gasteiger partial charge on any atom is -0.301 e. The van der Waals surface area contributed by atoms with Gasteiger partial charge in [-0.25, -0.2) is 9.37 Å². The molecule has 2 heterocycles. The first-order valence-electron chi connectivity index (χ1n) is 5.66. The first-order valence-corrected chi connectivity index (χ1v) is 5.66. The Bertz CT molecular complexity index is 558. The van der Waals surface area contributed by atoms with E-state index in [4.69, 9.17) is 0 Å². The number of halogens is 1. The van der Waals surface area contributed by atoms with Crippen LogP contribution in [0.25, 0.3) is 11.0 Å². The second-order valence-corrected chi connectivity index (χ2v) is 4.42. The molecule has 2 aromatic heterocycles. The average Bonchev–Trinajstić information content (AvgIpc) is 2.67. The molecule has 90 valence electrons. The van der Waals surface area contributed by atoms with Gasteiger partial charge in [-0.2, -0.15) is 0 Å². The number of hydrogen-bond donors (Lipinski definition) is 0. The Labute approximate surface area is 99.3 Å². The first-order chi connectivity index (χ1) is 8.02. The largest absolute Gasteiger partial charge is 0.301 e. The molecule has 0 unspecified atom stereocenters. The molecule has 0 aliphatic heterocycles. The molecule has 0 fully saturated rings. The van der Waals surface area contributed by atoms with Crippen molar-refractivity contribution in [3.05, 3.63) is 30.1 Å². The maximum Gasteiger partial charge on any atom is 0.174 e. The van der Waals surface area contributed by atoms with Gasteiger partial charge < -0.3 is 4.57 Å². The molecule has 4 heteroatoms. The number of carbonyl (C=O) groups excluding carboxylic acids is 1. The smallest absolute Gasteiger partial charge is 0.174 e. The van der Waals surface area contributed by atoms with Crippen LogP contribution in [0.4, 0.5) is 4.39 Å². The van der Waals surface area contributed by atoms with Crippen molar-refractivity contribution < 1.29 is 9.18 Å². The molecule has 0 radical (unpaired) electrons. The summed E-state index contributed by atoms with van der Waals surface area (Å²) in [6.07, 6.45) is 1.97. The number of aromatic nitrogens is 2. The summed E-state index contributed by atoms with van der Waals surface area (Å²) < 4.78 is 14.8. The number of pyridine rings is 1. The van der Waals surface area contributed by atoms with Crippen LogP contribution < -0.4 is 0 Å². The van der Waals surface area contributed by atoms with E-state index in [9.17, 15) is 9.18 Å². The van der Waals surface area contributed by atoms with Gasteiger partial charge in [-0.15, -0.1) is 0 Å². The van der Waals surface area contributed by atoms with Crippen LogP contribution in [0.5, 0.6) is 0 Å². The van der Waals surface area contributed by atoms with E-state index in [2.05, 4.69) is 4.98 Å². The quantitative estimate of drug-likeness (QED) is 0.763. The molecular formula is C13H15FN2O. The minimum atomic E-state index is -1.19. The molecule has 0 saturated carbocycles. The highest BCUT2D eigenvalue weighted by Gasteiger charge is 2.19. The molecule has 0 spiro atoms. The first kappa shape index (κ1) is 11.8. The van der Waals surface area contributed by atoms with E-state index < -0.39 is 6.30 Å². The van der Waals surface area contributed by atoms with Crippen molar-refractivity contribution >= 4 is 16.8 Å². The van der Waals surface area contributed by atoms with E-state index >= 15 is 0 Å². The Morgan fingerprint density at radius 2 is 2.12 bits per heavy atom. The second-order valence-electron chi connectivity index (χ2n) is 4.42. The lowest BCUT2D eigenvalue weighted by molar-refractivity contribution is 0.0940. The van der Waals surface area contributed by atoms with Crippen molar-refractivity contribution in [2.75, 3.05) is 0 Å². The van der Waals surface area contributed by atoms with Gasteiger partial charge in [0.1, 0.15) is 5.65 Å². The highest BCUT2D eigenvalue weighted by Crippen LogP contribution is 2.25. The van der Waals surface area contributed by atoms with Crippen LogP contribution in [-0.2, 0) is 0 Å². The molecule has 0 N–H and O–H groups in total. The summed E-state index contributed by atoms with van der Waals surface area (Å²) in [7, 11) is 0. The summed E-state index contributed by atoms with van der Waals surface area (Å²) in [6, 6.07) is 3.56. The predicted octanol–water partition coefficient (Wildman–Crippen LogP) is 3.36. The number of carbonyl (C=O) groups is 1. The molecule has 17 heavy (non-hydrogen) atoms. The van der Waals surface area contributed by atoms with Gasteiger partial charge in [0.15, 0.2) is 12.1 Å². The van der Waals surface area contributed by atoms with E-state index in [0.717, 1.165) is 5.39 Å². The van der Waals surface area contributed by atoms with Gasteiger partial charge in [0.05, 0.1) is 0 Å². The van der Waals surface area contributed by atoms with Gasteiger partial charge in [-0.3, -0.25) is 4.79 Å². The van der Waals surface area contributed by atoms with Crippen LogP contribution in [0.2, 0.25) is 0 Å². The Hall–Kier alpha value is -1.71. The summed E-state index contributed by atoms with van der Waals surface area (Å²) in [5.74, 6) is -0.0911. The van der Waals surface area contributed by atoms with Crippen molar-refractivity contribution in [2.24, 2.45) is 5.92 Å². The molecule has 0 aliphatic rings. The third-order valence-corrected chi connectivity index (χ3v) is 2.76. The highest BCUT2D eigenvalue weighted by molar-refractivity contribution is 6.08. The molecular weight excluding hydrogens is 219 g/mol. The molecule has 0 saturated heterocycles. The highest BCUT2D eigenvalue weighted by atomic mass is 19.1. The van der Waals surface area contributed by atoms with Gasteiger partial charge in [0.25, 0.3) is 0 Å². The van der Waals surface area contributed by atoms with Crippen molar-refractivity contribution in [2.45, 2.75) is 27.1 Å². The lowest BCUT2D eigenvalue weighted by Crippen LogP contribution is -2.06. The van der Waals surface area contributed by atoms with E-state index in [0.29, 0.717) is 11.2 Å². The molecule has 0 aliphatic carbocycles. The van der Waals surface area contributed by atoms with Crippen LogP contribution in [0.15, 0.2) is 24.5 Å². The Morgan fingerprint density at radius 1 is 1.41 bits per heavy atom. The number of ketones is 1. The number of fused-ring (bicyclic) bond motifs is 1. The standard InChI is InChI=1S/C13H15FN2O/c1-8(2)12(17)11-7-16(9(3)14)13-10(11)5-4-6-15-13/h4-9H,1-3H3/t9-/m0/s1. The number of nitrogens with zero attached hydrogens (tertiary/aromatic N) is 2. The summed E-state index contributed by atoms with van der Waals surface area (Å²) in [4.78, 5) is 16.2. The Morgan fingerprint density at radius 3 is 2.71 bits per heavy atom. The van der Waals surface area contributed by atoms with Gasteiger partial charge in [0.2, 0.25) is 0 Å². The van der Waals surface area contributed by atoms with E-state index in [1.807, 2.05) is 13.8 Å². The van der Waals surface area contributed by atoms with Gasteiger partial charge in [-0.1, -0.05) is 13.8 Å². The average molecular weight is 234 g/mol. The molecule has 1 atom stereocenters. The summed E-state index contributed by atoms with van der Waals surface area (Å²) in [6.45, 7) is 5.10. The SMILES string of the molecule is CC(C)C(=O)c1cn([C@@H](C)F)c2ncccc12. The van der Waals surface area contributed by atoms with E-state index in [1.165, 1.54) is 11.5 Å². The molecule has 3 nitrogen and oxygen atoms in total. The third kappa shape index (κ3) is 1.95. The lowest BCUT2D eigenvalue weighted by Gasteiger charge is -2.03. The molecule has 0 amide bonds. The Balaban J connectivity index is 2.69. The van der Waals surface area contributed by atoms with Crippen LogP contribution >= 0.6 is 0 Å². The van der Waals surface area contributed by atoms with Gasteiger partial charge >= 0.3 is 0 Å². The van der Waals surface area contributed by atoms with Gasteiger partial charge in [0, 0.05) is 29.3 Å². The number of hydrogen-bond acceptors (Lipinski definition) is 2. The summed E-state index contributed by atoms with van der Waals surface area (Å²) in [5.41, 5.74) is 1.07. The summed E-state index contributed by atoms with van der Waals surface area (Å²) in [5, 5.41) is 0.718. The van der Waals surface area contributed by atoms with Crippen molar-refractivity contribution in [1.82, 2.24) is 9.55 Å². The number of Topliss-reactive ketones (excluding diaryl/α,β-unsaturated/α-hetero) is 1. The fraction of sp³-hybridized carbons (Fsp3) is 0.385. The van der Waals surface area contributed by atoms with Crippen LogP contribution in [0.3, 0.4) is 0 Å². The maximum absolute atomic E-state index is 13.5. The fourth-order valence-corrected chi connectivity index (χ4v) is 1.86. The molecule has 2 rings (SSSR count). The second kappa shape index (κ2) is 4.28.